The number of allylic oxidation sites excluding steroid dienone is 2. The molecule has 0 saturated heterocycles. The Hall–Kier alpha value is -1.40. The van der Waals surface area contributed by atoms with E-state index >= 15 is 0 Å². The first-order valence-electron chi connectivity index (χ1n) is 32.9. The maximum atomic E-state index is 12.5. The third-order valence-corrected chi connectivity index (χ3v) is 15.6. The number of unbranched alkanes of at least 4 members (excludes halogenated alkanes) is 49. The molecule has 0 heterocycles. The summed E-state index contributed by atoms with van der Waals surface area (Å²) < 4.78 is 5.47. The van der Waals surface area contributed by atoms with Crippen molar-refractivity contribution in [2.24, 2.45) is 0 Å². The van der Waals surface area contributed by atoms with Crippen molar-refractivity contribution in [1.82, 2.24) is 5.32 Å². The standard InChI is InChI=1S/C66H129NO5/c1-3-5-7-9-11-13-15-17-19-21-23-24-25-26-27-28-30-31-33-35-38-42-46-50-54-58-64(69)63(62-68)67-65(70)59-55-51-47-43-39-37-41-45-49-53-57-61-72-66(71)60-56-52-48-44-40-36-34-32-29-22-20-18-16-14-12-10-8-6-4-2/h41,45,63-64,68-69H,3-40,42-44,46-62H2,1-2H3,(H,67,70)/b45-41-. The van der Waals surface area contributed by atoms with Crippen molar-refractivity contribution in [2.45, 2.75) is 386 Å². The number of hydrogen-bond acceptors (Lipinski definition) is 5. The molecule has 2 unspecified atom stereocenters. The zero-order chi connectivity index (χ0) is 52.2. The van der Waals surface area contributed by atoms with Crippen LogP contribution in [0.1, 0.15) is 373 Å². The molecule has 0 spiro atoms. The third-order valence-electron chi connectivity index (χ3n) is 15.6. The Morgan fingerprint density at radius 2 is 0.653 bits per heavy atom. The number of carbonyl (C=O) groups excluding carboxylic acids is 2. The zero-order valence-corrected chi connectivity index (χ0v) is 48.9. The van der Waals surface area contributed by atoms with Gasteiger partial charge in [0.1, 0.15) is 0 Å². The Bertz CT molecular complexity index is 1080. The molecule has 0 aromatic carbocycles. The predicted octanol–water partition coefficient (Wildman–Crippen LogP) is 20.8. The van der Waals surface area contributed by atoms with Crippen LogP contribution in [0.4, 0.5) is 0 Å². The molecule has 0 radical (unpaired) electrons. The van der Waals surface area contributed by atoms with Crippen LogP contribution in [0.2, 0.25) is 0 Å². The van der Waals surface area contributed by atoms with Gasteiger partial charge in [-0.3, -0.25) is 9.59 Å². The highest BCUT2D eigenvalue weighted by atomic mass is 16.5. The summed E-state index contributed by atoms with van der Waals surface area (Å²) in [5, 5.41) is 23.4. The summed E-state index contributed by atoms with van der Waals surface area (Å²) in [6.45, 7) is 4.92. The lowest BCUT2D eigenvalue weighted by Crippen LogP contribution is -2.45. The summed E-state index contributed by atoms with van der Waals surface area (Å²) in [5.41, 5.74) is 0. The second-order valence-electron chi connectivity index (χ2n) is 22.8. The SMILES string of the molecule is CCCCCCCCCCCCCCCCCCCCCCCCCCCC(O)C(CO)NC(=O)CCCCCCC/C=C\CCCCOC(=O)CCCCCCCCCCCCCCCCCCCCC. The normalized spacial score (nSPS) is 12.6. The van der Waals surface area contributed by atoms with Gasteiger partial charge in [-0.15, -0.1) is 0 Å². The minimum absolute atomic E-state index is 0.0248. The first-order chi connectivity index (χ1) is 35.5. The van der Waals surface area contributed by atoms with E-state index in [0.717, 1.165) is 77.0 Å². The number of esters is 1. The van der Waals surface area contributed by atoms with Crippen LogP contribution in [-0.2, 0) is 14.3 Å². The fourth-order valence-electron chi connectivity index (χ4n) is 10.5. The van der Waals surface area contributed by atoms with Crippen molar-refractivity contribution in [3.63, 3.8) is 0 Å². The van der Waals surface area contributed by atoms with Gasteiger partial charge in [-0.25, -0.2) is 0 Å². The Morgan fingerprint density at radius 1 is 0.375 bits per heavy atom. The fourth-order valence-corrected chi connectivity index (χ4v) is 10.5. The molecule has 0 bridgehead atoms. The average molecular weight is 1020 g/mol. The van der Waals surface area contributed by atoms with Gasteiger partial charge in [0.2, 0.25) is 5.91 Å². The van der Waals surface area contributed by atoms with Crippen molar-refractivity contribution in [3.8, 4) is 0 Å². The van der Waals surface area contributed by atoms with E-state index in [9.17, 15) is 19.8 Å². The lowest BCUT2D eigenvalue weighted by atomic mass is 10.0. The van der Waals surface area contributed by atoms with Crippen molar-refractivity contribution in [2.75, 3.05) is 13.2 Å². The monoisotopic (exact) mass is 1020 g/mol. The van der Waals surface area contributed by atoms with Crippen molar-refractivity contribution >= 4 is 11.9 Å². The quantitative estimate of drug-likeness (QED) is 0.0320. The van der Waals surface area contributed by atoms with Crippen molar-refractivity contribution < 1.29 is 24.5 Å². The topological polar surface area (TPSA) is 95.9 Å². The van der Waals surface area contributed by atoms with Gasteiger partial charge in [0.15, 0.2) is 0 Å². The second-order valence-corrected chi connectivity index (χ2v) is 22.8. The summed E-state index contributed by atoms with van der Waals surface area (Å²) in [6.07, 6.45) is 75.2. The maximum Gasteiger partial charge on any atom is 0.305 e. The first-order valence-corrected chi connectivity index (χ1v) is 32.9. The Morgan fingerprint density at radius 3 is 0.986 bits per heavy atom. The van der Waals surface area contributed by atoms with Crippen LogP contribution in [0, 0.1) is 0 Å². The number of ether oxygens (including phenoxy) is 1. The minimum atomic E-state index is -0.683. The molecule has 3 N–H and O–H groups in total. The molecule has 0 rings (SSSR count). The molecule has 1 amide bonds. The number of carbonyl (C=O) groups is 2. The van der Waals surface area contributed by atoms with Crippen LogP contribution in [0.15, 0.2) is 12.2 Å². The van der Waals surface area contributed by atoms with Gasteiger partial charge in [0.25, 0.3) is 0 Å². The lowest BCUT2D eigenvalue weighted by Gasteiger charge is -2.22. The van der Waals surface area contributed by atoms with Crippen molar-refractivity contribution in [1.29, 1.82) is 0 Å². The molecule has 0 aromatic heterocycles. The van der Waals surface area contributed by atoms with Crippen LogP contribution >= 0.6 is 0 Å². The molecule has 0 saturated carbocycles. The molecular weight excluding hydrogens is 887 g/mol. The van der Waals surface area contributed by atoms with Crippen molar-refractivity contribution in [3.05, 3.63) is 12.2 Å². The summed E-state index contributed by atoms with van der Waals surface area (Å²) >= 11 is 0. The van der Waals surface area contributed by atoms with Gasteiger partial charge in [-0.05, 0) is 51.4 Å². The molecule has 428 valence electrons. The zero-order valence-electron chi connectivity index (χ0n) is 48.9. The number of amides is 1. The van der Waals surface area contributed by atoms with Gasteiger partial charge < -0.3 is 20.3 Å². The summed E-state index contributed by atoms with van der Waals surface area (Å²) in [5.74, 6) is -0.0836. The summed E-state index contributed by atoms with van der Waals surface area (Å²) in [4.78, 5) is 24.6. The molecule has 0 aliphatic carbocycles. The average Bonchev–Trinajstić information content (AvgIpc) is 3.38. The molecule has 6 nitrogen and oxygen atoms in total. The molecule has 2 atom stereocenters. The van der Waals surface area contributed by atoms with E-state index in [2.05, 4.69) is 31.3 Å². The van der Waals surface area contributed by atoms with Crippen LogP contribution in [0.25, 0.3) is 0 Å². The van der Waals surface area contributed by atoms with Crippen LogP contribution in [-0.4, -0.2) is 47.4 Å². The Labute approximate surface area is 450 Å². The molecule has 6 heteroatoms. The molecule has 0 aromatic rings. The lowest BCUT2D eigenvalue weighted by molar-refractivity contribution is -0.143. The number of nitrogens with one attached hydrogen (secondary N) is 1. The molecular formula is C66H129NO5. The van der Waals surface area contributed by atoms with E-state index in [1.54, 1.807) is 0 Å². The first kappa shape index (κ1) is 70.6. The van der Waals surface area contributed by atoms with E-state index in [-0.39, 0.29) is 18.5 Å². The molecule has 72 heavy (non-hydrogen) atoms. The highest BCUT2D eigenvalue weighted by Crippen LogP contribution is 2.19. The van der Waals surface area contributed by atoms with Crippen LogP contribution in [0.5, 0.6) is 0 Å². The highest BCUT2D eigenvalue weighted by Gasteiger charge is 2.20. The Balaban J connectivity index is 3.45. The Kier molecular flexibility index (Phi) is 60.9. The van der Waals surface area contributed by atoms with E-state index in [4.69, 9.17) is 4.74 Å². The van der Waals surface area contributed by atoms with Gasteiger partial charge in [-0.2, -0.15) is 0 Å². The molecule has 0 aliphatic heterocycles. The van der Waals surface area contributed by atoms with E-state index < -0.39 is 12.1 Å². The van der Waals surface area contributed by atoms with Gasteiger partial charge in [-0.1, -0.05) is 321 Å². The fraction of sp³-hybridized carbons (Fsp3) is 0.939. The largest absolute Gasteiger partial charge is 0.466 e. The number of hydrogen-bond donors (Lipinski definition) is 3. The van der Waals surface area contributed by atoms with E-state index in [0.29, 0.717) is 25.9 Å². The van der Waals surface area contributed by atoms with Gasteiger partial charge in [0, 0.05) is 12.8 Å². The summed E-state index contributed by atoms with van der Waals surface area (Å²) in [6, 6.07) is -0.563. The summed E-state index contributed by atoms with van der Waals surface area (Å²) in [7, 11) is 0. The van der Waals surface area contributed by atoms with E-state index in [1.807, 2.05) is 0 Å². The smallest absolute Gasteiger partial charge is 0.305 e. The van der Waals surface area contributed by atoms with Crippen LogP contribution in [0.3, 0.4) is 0 Å². The second kappa shape index (κ2) is 62.1. The van der Waals surface area contributed by atoms with Gasteiger partial charge in [0.05, 0.1) is 25.4 Å². The molecule has 0 fully saturated rings. The number of aliphatic hydroxyl groups excluding tert-OH is 2. The highest BCUT2D eigenvalue weighted by molar-refractivity contribution is 5.76. The number of aliphatic hydroxyl groups is 2. The maximum absolute atomic E-state index is 12.5. The van der Waals surface area contributed by atoms with Gasteiger partial charge >= 0.3 is 5.97 Å². The van der Waals surface area contributed by atoms with E-state index in [1.165, 1.54) is 263 Å². The predicted molar refractivity (Wildman–Crippen MR) is 315 cm³/mol. The third kappa shape index (κ3) is 57.9. The number of rotatable bonds is 62. The minimum Gasteiger partial charge on any atom is -0.466 e. The molecule has 0 aliphatic rings. The van der Waals surface area contributed by atoms with Crippen LogP contribution < -0.4 is 5.32 Å².